The largest absolute Gasteiger partial charge is 0.299 e. The Balaban J connectivity index is 2.27. The summed E-state index contributed by atoms with van der Waals surface area (Å²) in [7, 11) is 0. The minimum Gasteiger partial charge on any atom is -0.299 e. The fourth-order valence-corrected chi connectivity index (χ4v) is 1.86. The molecule has 1 saturated heterocycles. The molecule has 0 radical (unpaired) electrons. The smallest absolute Gasteiger partial charge is 0.0214 e. The Bertz CT molecular complexity index is 145. The highest BCUT2D eigenvalue weighted by molar-refractivity contribution is 4.87. The quantitative estimate of drug-likeness (QED) is 0.557. The van der Waals surface area contributed by atoms with Gasteiger partial charge in [0.25, 0.3) is 0 Å². The van der Waals surface area contributed by atoms with Crippen LogP contribution in [0.3, 0.4) is 0 Å². The van der Waals surface area contributed by atoms with E-state index >= 15 is 0 Å². The van der Waals surface area contributed by atoms with Crippen molar-refractivity contribution in [2.75, 3.05) is 13.1 Å². The van der Waals surface area contributed by atoms with E-state index in [1.165, 1.54) is 25.8 Å². The van der Waals surface area contributed by atoms with E-state index in [2.05, 4.69) is 17.7 Å². The maximum Gasteiger partial charge on any atom is 0.0214 e. The molecule has 0 N–H and O–H groups in total. The van der Waals surface area contributed by atoms with Crippen molar-refractivity contribution in [2.45, 2.75) is 38.6 Å². The topological polar surface area (TPSA) is 3.24 Å². The minimum absolute atomic E-state index is 0.823. The Morgan fingerprint density at radius 1 is 1.64 bits per heavy atom. The Morgan fingerprint density at radius 3 is 3.09 bits per heavy atom. The molecule has 0 bridgehead atoms. The molecular formula is C10H17N. The number of rotatable bonds is 3. The van der Waals surface area contributed by atoms with Gasteiger partial charge in [-0.1, -0.05) is 6.92 Å². The zero-order chi connectivity index (χ0) is 8.10. The van der Waals surface area contributed by atoms with Crippen LogP contribution in [-0.4, -0.2) is 24.0 Å². The van der Waals surface area contributed by atoms with Crippen molar-refractivity contribution in [2.24, 2.45) is 0 Å². The highest BCUT2D eigenvalue weighted by Gasteiger charge is 2.21. The number of terminal acetylenes is 1. The van der Waals surface area contributed by atoms with E-state index in [0.717, 1.165) is 19.0 Å². The van der Waals surface area contributed by atoms with Crippen LogP contribution in [0.2, 0.25) is 0 Å². The molecular weight excluding hydrogens is 134 g/mol. The van der Waals surface area contributed by atoms with Crippen LogP contribution < -0.4 is 0 Å². The maximum absolute atomic E-state index is 5.22. The van der Waals surface area contributed by atoms with Gasteiger partial charge in [0.1, 0.15) is 0 Å². The average Bonchev–Trinajstić information content (AvgIpc) is 2.47. The van der Waals surface area contributed by atoms with E-state index in [4.69, 9.17) is 6.42 Å². The predicted molar refractivity (Wildman–Crippen MR) is 48.3 cm³/mol. The van der Waals surface area contributed by atoms with Crippen LogP contribution in [0, 0.1) is 12.3 Å². The second kappa shape index (κ2) is 4.41. The highest BCUT2D eigenvalue weighted by Crippen LogP contribution is 2.19. The molecule has 1 heteroatoms. The molecule has 0 spiro atoms. The van der Waals surface area contributed by atoms with Gasteiger partial charge in [-0.2, -0.15) is 0 Å². The van der Waals surface area contributed by atoms with Gasteiger partial charge in [0, 0.05) is 19.0 Å². The van der Waals surface area contributed by atoms with E-state index in [1.807, 2.05) is 0 Å². The fraction of sp³-hybridized carbons (Fsp3) is 0.800. The number of nitrogens with zero attached hydrogens (tertiary/aromatic N) is 1. The molecule has 1 atom stereocenters. The molecule has 1 fully saturated rings. The molecule has 0 aromatic heterocycles. The zero-order valence-electron chi connectivity index (χ0n) is 7.34. The third kappa shape index (κ3) is 2.24. The lowest BCUT2D eigenvalue weighted by Gasteiger charge is -2.21. The summed E-state index contributed by atoms with van der Waals surface area (Å²) in [6.07, 6.45) is 10.2. The molecule has 0 aromatic carbocycles. The summed E-state index contributed by atoms with van der Waals surface area (Å²) in [5.74, 6) is 2.70. The lowest BCUT2D eigenvalue weighted by molar-refractivity contribution is 0.254. The Morgan fingerprint density at radius 2 is 2.45 bits per heavy atom. The molecule has 1 aliphatic rings. The second-order valence-electron chi connectivity index (χ2n) is 3.19. The van der Waals surface area contributed by atoms with E-state index in [1.54, 1.807) is 0 Å². The Kier molecular flexibility index (Phi) is 3.45. The first kappa shape index (κ1) is 8.62. The maximum atomic E-state index is 5.22. The summed E-state index contributed by atoms with van der Waals surface area (Å²) in [5.41, 5.74) is 0. The molecule has 0 saturated carbocycles. The summed E-state index contributed by atoms with van der Waals surface area (Å²) in [4.78, 5) is 2.53. The van der Waals surface area contributed by atoms with Crippen molar-refractivity contribution in [1.82, 2.24) is 4.90 Å². The van der Waals surface area contributed by atoms with Crippen LogP contribution in [-0.2, 0) is 0 Å². The number of hydrogen-bond donors (Lipinski definition) is 0. The van der Waals surface area contributed by atoms with Crippen molar-refractivity contribution in [1.29, 1.82) is 0 Å². The summed E-state index contributed by atoms with van der Waals surface area (Å²) < 4.78 is 0. The summed E-state index contributed by atoms with van der Waals surface area (Å²) >= 11 is 0. The van der Waals surface area contributed by atoms with Crippen molar-refractivity contribution in [3.8, 4) is 12.3 Å². The zero-order valence-corrected chi connectivity index (χ0v) is 7.34. The van der Waals surface area contributed by atoms with Crippen LogP contribution in [0.25, 0.3) is 0 Å². The fourth-order valence-electron chi connectivity index (χ4n) is 1.86. The van der Waals surface area contributed by atoms with E-state index < -0.39 is 0 Å². The molecule has 1 aliphatic heterocycles. The molecule has 62 valence electrons. The standard InChI is InChI=1S/C10H17N/c1-3-5-8-11-9-6-7-10(11)4-2/h1,10H,4-9H2,2H3. The van der Waals surface area contributed by atoms with Gasteiger partial charge in [-0.15, -0.1) is 12.3 Å². The van der Waals surface area contributed by atoms with Gasteiger partial charge >= 0.3 is 0 Å². The second-order valence-corrected chi connectivity index (χ2v) is 3.19. The lowest BCUT2D eigenvalue weighted by atomic mass is 10.2. The van der Waals surface area contributed by atoms with Crippen molar-refractivity contribution < 1.29 is 0 Å². The lowest BCUT2D eigenvalue weighted by Crippen LogP contribution is -2.29. The van der Waals surface area contributed by atoms with Gasteiger partial charge in [-0.05, 0) is 25.8 Å². The normalized spacial score (nSPS) is 25.3. The highest BCUT2D eigenvalue weighted by atomic mass is 15.2. The first-order valence-corrected chi connectivity index (χ1v) is 4.56. The summed E-state index contributed by atoms with van der Waals surface area (Å²) in [6, 6.07) is 0.823. The van der Waals surface area contributed by atoms with Gasteiger partial charge in [0.2, 0.25) is 0 Å². The van der Waals surface area contributed by atoms with Gasteiger partial charge in [0.05, 0.1) is 0 Å². The van der Waals surface area contributed by atoms with E-state index in [9.17, 15) is 0 Å². The first-order valence-electron chi connectivity index (χ1n) is 4.56. The average molecular weight is 151 g/mol. The van der Waals surface area contributed by atoms with Gasteiger partial charge in [-0.25, -0.2) is 0 Å². The molecule has 11 heavy (non-hydrogen) atoms. The van der Waals surface area contributed by atoms with Crippen molar-refractivity contribution in [3.63, 3.8) is 0 Å². The summed E-state index contributed by atoms with van der Waals surface area (Å²) in [5, 5.41) is 0. The van der Waals surface area contributed by atoms with Crippen LogP contribution in [0.5, 0.6) is 0 Å². The Hall–Kier alpha value is -0.480. The third-order valence-corrected chi connectivity index (χ3v) is 2.51. The molecule has 1 heterocycles. The predicted octanol–water partition coefficient (Wildman–Crippen LogP) is 1.88. The van der Waals surface area contributed by atoms with Gasteiger partial charge in [-0.3, -0.25) is 4.90 Å². The van der Waals surface area contributed by atoms with Gasteiger partial charge < -0.3 is 0 Å². The van der Waals surface area contributed by atoms with E-state index in [0.29, 0.717) is 0 Å². The third-order valence-electron chi connectivity index (χ3n) is 2.51. The van der Waals surface area contributed by atoms with E-state index in [-0.39, 0.29) is 0 Å². The minimum atomic E-state index is 0.823. The molecule has 0 aliphatic carbocycles. The Labute approximate surface area is 69.8 Å². The molecule has 1 unspecified atom stereocenters. The van der Waals surface area contributed by atoms with Crippen molar-refractivity contribution in [3.05, 3.63) is 0 Å². The molecule has 1 rings (SSSR count). The van der Waals surface area contributed by atoms with Crippen LogP contribution in [0.1, 0.15) is 32.6 Å². The molecule has 1 nitrogen and oxygen atoms in total. The summed E-state index contributed by atoms with van der Waals surface area (Å²) in [6.45, 7) is 4.63. The van der Waals surface area contributed by atoms with Crippen LogP contribution >= 0.6 is 0 Å². The molecule has 0 aromatic rings. The monoisotopic (exact) mass is 151 g/mol. The van der Waals surface area contributed by atoms with Gasteiger partial charge in [0.15, 0.2) is 0 Å². The SMILES string of the molecule is C#CCCN1CCCC1CC. The first-order chi connectivity index (χ1) is 5.38. The molecule has 0 amide bonds. The number of likely N-dealkylation sites (tertiary alicyclic amines) is 1. The van der Waals surface area contributed by atoms with Crippen LogP contribution in [0.15, 0.2) is 0 Å². The number of hydrogen-bond acceptors (Lipinski definition) is 1. The van der Waals surface area contributed by atoms with Crippen LogP contribution in [0.4, 0.5) is 0 Å². The van der Waals surface area contributed by atoms with Crippen molar-refractivity contribution >= 4 is 0 Å².